The van der Waals surface area contributed by atoms with Gasteiger partial charge in [-0.25, -0.2) is 9.98 Å². The number of hydrogen-bond donors (Lipinski definition) is 2. The average molecular weight is 436 g/mol. The largest absolute Gasteiger partial charge is 0.357 e. The third kappa shape index (κ3) is 10.5. The second kappa shape index (κ2) is 13.6. The zero-order chi connectivity index (χ0) is 16.2. The molecule has 0 aliphatic rings. The van der Waals surface area contributed by atoms with E-state index in [1.807, 2.05) is 7.05 Å². The van der Waals surface area contributed by atoms with Crippen LogP contribution >= 0.6 is 24.0 Å². The number of nitrogens with one attached hydrogen (secondary N) is 2. The lowest BCUT2D eigenvalue weighted by Gasteiger charge is -2.11. The molecule has 0 amide bonds. The molecule has 1 heterocycles. The van der Waals surface area contributed by atoms with Gasteiger partial charge in [-0.3, -0.25) is 4.68 Å². The van der Waals surface area contributed by atoms with Crippen LogP contribution in [0.15, 0.2) is 11.3 Å². The summed E-state index contributed by atoms with van der Waals surface area (Å²) in [6.07, 6.45) is 8.04. The van der Waals surface area contributed by atoms with Crippen molar-refractivity contribution in [1.82, 2.24) is 25.4 Å². The minimum absolute atomic E-state index is 0. The van der Waals surface area contributed by atoms with Crippen LogP contribution in [0.25, 0.3) is 0 Å². The van der Waals surface area contributed by atoms with E-state index in [1.165, 1.54) is 32.1 Å². The summed E-state index contributed by atoms with van der Waals surface area (Å²) in [6.45, 7) is 9.02. The average Bonchev–Trinajstić information content (AvgIpc) is 2.88. The molecule has 2 N–H and O–H groups in total. The molecule has 0 radical (unpaired) electrons. The first kappa shape index (κ1) is 22.1. The third-order valence-electron chi connectivity index (χ3n) is 3.53. The summed E-state index contributed by atoms with van der Waals surface area (Å²) in [5, 5.41) is 10.7. The molecule has 0 unspecified atom stereocenters. The fourth-order valence-corrected chi connectivity index (χ4v) is 2.19. The summed E-state index contributed by atoms with van der Waals surface area (Å²) in [5.74, 6) is 2.55. The van der Waals surface area contributed by atoms with Crippen LogP contribution in [0.5, 0.6) is 0 Å². The Morgan fingerprint density at radius 3 is 2.57 bits per heavy atom. The van der Waals surface area contributed by atoms with Crippen LogP contribution in [0.4, 0.5) is 0 Å². The zero-order valence-electron chi connectivity index (χ0n) is 15.0. The topological polar surface area (TPSA) is 67.1 Å². The van der Waals surface area contributed by atoms with E-state index in [0.29, 0.717) is 6.54 Å². The van der Waals surface area contributed by atoms with E-state index in [4.69, 9.17) is 0 Å². The van der Waals surface area contributed by atoms with Crippen molar-refractivity contribution in [2.24, 2.45) is 18.0 Å². The molecule has 0 spiro atoms. The van der Waals surface area contributed by atoms with E-state index in [-0.39, 0.29) is 24.0 Å². The lowest BCUT2D eigenvalue weighted by molar-refractivity contribution is 0.518. The van der Waals surface area contributed by atoms with E-state index in [0.717, 1.165) is 30.8 Å². The lowest BCUT2D eigenvalue weighted by atomic mass is 10.0. The maximum atomic E-state index is 4.55. The highest BCUT2D eigenvalue weighted by atomic mass is 127. The molecule has 0 aliphatic heterocycles. The molecule has 0 saturated heterocycles. The summed E-state index contributed by atoms with van der Waals surface area (Å²) in [6, 6.07) is 0. The normalized spacial score (nSPS) is 11.4. The van der Waals surface area contributed by atoms with Crippen molar-refractivity contribution in [2.45, 2.75) is 59.4 Å². The Morgan fingerprint density at radius 2 is 1.96 bits per heavy atom. The first-order valence-electron chi connectivity index (χ1n) is 8.48. The van der Waals surface area contributed by atoms with Gasteiger partial charge in [-0.1, -0.05) is 39.5 Å². The fourth-order valence-electron chi connectivity index (χ4n) is 2.19. The number of unbranched alkanes of at least 4 members (excludes halogenated alkanes) is 3. The van der Waals surface area contributed by atoms with Crippen LogP contribution in [0.3, 0.4) is 0 Å². The van der Waals surface area contributed by atoms with E-state index in [9.17, 15) is 0 Å². The standard InChI is InChI=1S/C16H32N6.HI/c1-5-17-16(19-12-15-20-13-21-22(15)4)18-11-9-7-6-8-10-14(2)3;/h13-14H,5-12H2,1-4H3,(H2,17,18,19);1H. The van der Waals surface area contributed by atoms with Gasteiger partial charge in [0.25, 0.3) is 0 Å². The molecule has 6 nitrogen and oxygen atoms in total. The van der Waals surface area contributed by atoms with Gasteiger partial charge in [0, 0.05) is 20.1 Å². The lowest BCUT2D eigenvalue weighted by Crippen LogP contribution is -2.37. The Balaban J connectivity index is 0.00000484. The van der Waals surface area contributed by atoms with Crippen LogP contribution < -0.4 is 10.6 Å². The third-order valence-corrected chi connectivity index (χ3v) is 3.53. The maximum absolute atomic E-state index is 4.55. The van der Waals surface area contributed by atoms with Crippen molar-refractivity contribution in [2.75, 3.05) is 13.1 Å². The number of nitrogens with zero attached hydrogens (tertiary/aromatic N) is 4. The Labute approximate surface area is 158 Å². The Kier molecular flexibility index (Phi) is 13.1. The molecule has 134 valence electrons. The summed E-state index contributed by atoms with van der Waals surface area (Å²) in [4.78, 5) is 8.73. The van der Waals surface area contributed by atoms with Crippen LogP contribution in [0.1, 0.15) is 58.7 Å². The van der Waals surface area contributed by atoms with E-state index in [2.05, 4.69) is 46.5 Å². The predicted octanol–water partition coefficient (Wildman–Crippen LogP) is 3.09. The number of aliphatic imine (C=N–C) groups is 1. The van der Waals surface area contributed by atoms with Gasteiger partial charge in [-0.15, -0.1) is 24.0 Å². The smallest absolute Gasteiger partial charge is 0.191 e. The molecular weight excluding hydrogens is 403 g/mol. The molecule has 0 saturated carbocycles. The molecule has 0 aliphatic carbocycles. The van der Waals surface area contributed by atoms with Gasteiger partial charge in [0.2, 0.25) is 0 Å². The second-order valence-electron chi connectivity index (χ2n) is 6.02. The minimum atomic E-state index is 0. The molecule has 1 rings (SSSR count). The van der Waals surface area contributed by atoms with Crippen molar-refractivity contribution in [1.29, 1.82) is 0 Å². The van der Waals surface area contributed by atoms with Gasteiger partial charge in [0.05, 0.1) is 0 Å². The molecule has 7 heteroatoms. The van der Waals surface area contributed by atoms with Gasteiger partial charge in [0.15, 0.2) is 5.96 Å². The number of rotatable bonds is 10. The number of aryl methyl sites for hydroxylation is 1. The molecule has 0 atom stereocenters. The maximum Gasteiger partial charge on any atom is 0.191 e. The van der Waals surface area contributed by atoms with Crippen molar-refractivity contribution in [3.05, 3.63) is 12.2 Å². The number of hydrogen-bond acceptors (Lipinski definition) is 3. The van der Waals surface area contributed by atoms with Crippen LogP contribution in [0.2, 0.25) is 0 Å². The molecule has 0 aromatic carbocycles. The summed E-state index contributed by atoms with van der Waals surface area (Å²) in [7, 11) is 1.88. The highest BCUT2D eigenvalue weighted by molar-refractivity contribution is 14.0. The van der Waals surface area contributed by atoms with Crippen LogP contribution in [-0.4, -0.2) is 33.8 Å². The summed E-state index contributed by atoms with van der Waals surface area (Å²) in [5.41, 5.74) is 0. The van der Waals surface area contributed by atoms with Crippen molar-refractivity contribution >= 4 is 29.9 Å². The van der Waals surface area contributed by atoms with Crippen molar-refractivity contribution in [3.8, 4) is 0 Å². The molecule has 0 bridgehead atoms. The summed E-state index contributed by atoms with van der Waals surface area (Å²) < 4.78 is 1.75. The second-order valence-corrected chi connectivity index (χ2v) is 6.02. The molecule has 23 heavy (non-hydrogen) atoms. The van der Waals surface area contributed by atoms with Crippen molar-refractivity contribution < 1.29 is 0 Å². The van der Waals surface area contributed by atoms with E-state index < -0.39 is 0 Å². The number of guanidine groups is 1. The van der Waals surface area contributed by atoms with Gasteiger partial charge in [-0.2, -0.15) is 5.10 Å². The summed E-state index contributed by atoms with van der Waals surface area (Å²) >= 11 is 0. The van der Waals surface area contributed by atoms with Crippen molar-refractivity contribution in [3.63, 3.8) is 0 Å². The Bertz CT molecular complexity index is 430. The highest BCUT2D eigenvalue weighted by Crippen LogP contribution is 2.08. The predicted molar refractivity (Wildman–Crippen MR) is 107 cm³/mol. The van der Waals surface area contributed by atoms with E-state index >= 15 is 0 Å². The Morgan fingerprint density at radius 1 is 1.22 bits per heavy atom. The SMILES string of the molecule is CCNC(=NCc1ncnn1C)NCCCCCCC(C)C.I. The minimum Gasteiger partial charge on any atom is -0.357 e. The number of aromatic nitrogens is 3. The first-order chi connectivity index (χ1) is 10.6. The fraction of sp³-hybridized carbons (Fsp3) is 0.812. The molecule has 1 aromatic heterocycles. The monoisotopic (exact) mass is 436 g/mol. The van der Waals surface area contributed by atoms with E-state index in [1.54, 1.807) is 11.0 Å². The zero-order valence-corrected chi connectivity index (χ0v) is 17.3. The van der Waals surface area contributed by atoms with Gasteiger partial charge < -0.3 is 10.6 Å². The van der Waals surface area contributed by atoms with Gasteiger partial charge in [0.1, 0.15) is 18.7 Å². The van der Waals surface area contributed by atoms with Gasteiger partial charge in [-0.05, 0) is 19.3 Å². The first-order valence-corrected chi connectivity index (χ1v) is 8.48. The van der Waals surface area contributed by atoms with Gasteiger partial charge >= 0.3 is 0 Å². The molecular formula is C16H33IN6. The quantitative estimate of drug-likeness (QED) is 0.256. The Hall–Kier alpha value is -0.860. The van der Waals surface area contributed by atoms with Crippen LogP contribution in [0, 0.1) is 5.92 Å². The molecule has 0 fully saturated rings. The molecule has 1 aromatic rings. The highest BCUT2D eigenvalue weighted by Gasteiger charge is 2.01. The van der Waals surface area contributed by atoms with Crippen LogP contribution in [-0.2, 0) is 13.6 Å². The number of halogens is 1.